The van der Waals surface area contributed by atoms with Crippen molar-refractivity contribution in [1.29, 1.82) is 0 Å². The summed E-state index contributed by atoms with van der Waals surface area (Å²) >= 11 is 0. The van der Waals surface area contributed by atoms with E-state index in [2.05, 4.69) is 10.3 Å². The molecule has 2 amide bonds. The number of nitrogens with one attached hydrogen (secondary N) is 1. The van der Waals surface area contributed by atoms with Crippen LogP contribution in [0.2, 0.25) is 0 Å². The number of rotatable bonds is 5. The molecule has 5 rings (SSSR count). The molecule has 2 aromatic rings. The van der Waals surface area contributed by atoms with Crippen molar-refractivity contribution in [3.05, 3.63) is 74.9 Å². The first kappa shape index (κ1) is 31.8. The number of piperidine rings is 2. The minimum Gasteiger partial charge on any atom is -0.393 e. The second-order valence-electron chi connectivity index (χ2n) is 11.4. The number of likely N-dealkylation sites (tertiary alicyclic amines) is 1. The Morgan fingerprint density at radius 1 is 1.09 bits per heavy atom. The maximum absolute atomic E-state index is 14.7. The Bertz CT molecular complexity index is 1630. The number of alkyl halides is 3. The van der Waals surface area contributed by atoms with Gasteiger partial charge in [0.25, 0.3) is 11.8 Å². The van der Waals surface area contributed by atoms with E-state index in [1.807, 2.05) is 0 Å². The van der Waals surface area contributed by atoms with Crippen molar-refractivity contribution in [2.75, 3.05) is 26.2 Å². The maximum Gasteiger partial charge on any atom is 0.419 e. The predicted molar refractivity (Wildman–Crippen MR) is 155 cm³/mol. The molecule has 1 spiro atoms. The Morgan fingerprint density at radius 2 is 1.70 bits per heavy atom. The molecule has 3 heterocycles. The van der Waals surface area contributed by atoms with Gasteiger partial charge in [-0.1, -0.05) is 6.07 Å². The quantitative estimate of drug-likeness (QED) is 0.485. The minimum absolute atomic E-state index is 0.0433. The Balaban J connectivity index is 1.28. The third kappa shape index (κ3) is 6.15. The topological polar surface area (TPSA) is 119 Å². The highest BCUT2D eigenvalue weighted by Gasteiger charge is 2.48. The van der Waals surface area contributed by atoms with Crippen LogP contribution in [0.5, 0.6) is 0 Å². The summed E-state index contributed by atoms with van der Waals surface area (Å²) in [6.45, 7) is 4.32. The molecule has 2 aromatic carbocycles. The number of aryl methyl sites for hydroxylation is 2. The van der Waals surface area contributed by atoms with Gasteiger partial charge in [-0.05, 0) is 86.6 Å². The van der Waals surface area contributed by atoms with Crippen LogP contribution in [0.4, 0.5) is 17.6 Å². The number of benzene rings is 2. The Hall–Kier alpha value is -3.62. The number of hydrogen-bond acceptors (Lipinski definition) is 6. The number of carbonyl (C=O) groups is 2. The van der Waals surface area contributed by atoms with Crippen LogP contribution in [0.1, 0.15) is 63.9 Å². The lowest BCUT2D eigenvalue weighted by Crippen LogP contribution is -2.50. The molecule has 2 N–H and O–H groups in total. The van der Waals surface area contributed by atoms with E-state index in [1.165, 1.54) is 10.4 Å². The molecule has 2 saturated heterocycles. The number of amides is 2. The average Bonchev–Trinajstić information content (AvgIpc) is 3.26. The number of aliphatic hydroxyl groups is 1. The number of aliphatic imine (C=N–C) groups is 1. The SMILES string of the molecule is Cc1cc(C(=O)N2CCC(O)CC2)cc(C)c1/C=C/S(=O)(=O)N1CCC2(CC1)N=C(c1cccc(C(F)(F)F)c1F)NC2=O. The molecule has 0 aromatic heterocycles. The molecule has 0 bridgehead atoms. The molecule has 2 fully saturated rings. The van der Waals surface area contributed by atoms with Crippen LogP contribution in [-0.4, -0.2) is 78.2 Å². The molecule has 0 unspecified atom stereocenters. The first-order valence-corrected chi connectivity index (χ1v) is 15.7. The van der Waals surface area contributed by atoms with Crippen LogP contribution in [-0.2, 0) is 21.0 Å². The highest BCUT2D eigenvalue weighted by Crippen LogP contribution is 2.36. The molecule has 236 valence electrons. The molecule has 14 heteroatoms. The van der Waals surface area contributed by atoms with Crippen molar-refractivity contribution < 1.29 is 40.7 Å². The van der Waals surface area contributed by atoms with Gasteiger partial charge in [-0.3, -0.25) is 14.6 Å². The van der Waals surface area contributed by atoms with Gasteiger partial charge >= 0.3 is 6.18 Å². The lowest BCUT2D eigenvalue weighted by atomic mass is 9.89. The van der Waals surface area contributed by atoms with E-state index in [0.717, 1.165) is 17.5 Å². The zero-order valence-electron chi connectivity index (χ0n) is 24.1. The smallest absolute Gasteiger partial charge is 0.393 e. The van der Waals surface area contributed by atoms with E-state index in [9.17, 15) is 40.7 Å². The second kappa shape index (κ2) is 11.7. The molecular weight excluding hydrogens is 604 g/mol. The molecular formula is C30H32F4N4O5S. The van der Waals surface area contributed by atoms with Crippen LogP contribution >= 0.6 is 0 Å². The first-order chi connectivity index (χ1) is 20.6. The molecule has 0 aliphatic carbocycles. The minimum atomic E-state index is -4.93. The van der Waals surface area contributed by atoms with E-state index in [-0.39, 0.29) is 37.7 Å². The standard InChI is InChI=1S/C30H32F4N4O5S/c1-18-16-20(27(40)37-11-6-21(39)7-12-37)17-19(2)22(18)8-15-44(42,43)38-13-9-29(10-14-38)28(41)35-26(36-29)23-4-3-5-24(25(23)31)30(32,33)34/h3-5,8,15-17,21,39H,6-7,9-14H2,1-2H3,(H,35,36,41)/b15-8+. The van der Waals surface area contributed by atoms with Gasteiger partial charge in [-0.2, -0.15) is 17.5 Å². The molecule has 0 saturated carbocycles. The summed E-state index contributed by atoms with van der Waals surface area (Å²) in [4.78, 5) is 31.8. The van der Waals surface area contributed by atoms with Gasteiger partial charge < -0.3 is 15.3 Å². The molecule has 9 nitrogen and oxygen atoms in total. The predicted octanol–water partition coefficient (Wildman–Crippen LogP) is 3.77. The fourth-order valence-electron chi connectivity index (χ4n) is 5.88. The molecule has 3 aliphatic rings. The number of carbonyl (C=O) groups excluding carboxylic acids is 2. The number of amidine groups is 1. The lowest BCUT2D eigenvalue weighted by molar-refractivity contribution is -0.140. The highest BCUT2D eigenvalue weighted by atomic mass is 32.2. The van der Waals surface area contributed by atoms with Crippen LogP contribution in [0.25, 0.3) is 6.08 Å². The fraction of sp³-hybridized carbons (Fsp3) is 0.433. The van der Waals surface area contributed by atoms with Crippen LogP contribution < -0.4 is 5.32 Å². The highest BCUT2D eigenvalue weighted by molar-refractivity contribution is 7.92. The van der Waals surface area contributed by atoms with Crippen LogP contribution in [0.15, 0.2) is 40.7 Å². The Labute approximate surface area is 252 Å². The van der Waals surface area contributed by atoms with Gasteiger partial charge in [0.15, 0.2) is 0 Å². The number of halogens is 4. The summed E-state index contributed by atoms with van der Waals surface area (Å²) in [7, 11) is -3.93. The van der Waals surface area contributed by atoms with Gasteiger partial charge in [0.2, 0.25) is 10.0 Å². The van der Waals surface area contributed by atoms with Crippen molar-refractivity contribution in [2.24, 2.45) is 4.99 Å². The van der Waals surface area contributed by atoms with E-state index >= 15 is 0 Å². The summed E-state index contributed by atoms with van der Waals surface area (Å²) in [6, 6.07) is 6.14. The van der Waals surface area contributed by atoms with Gasteiger partial charge in [0.05, 0.1) is 17.2 Å². The number of aliphatic hydroxyl groups excluding tert-OH is 1. The van der Waals surface area contributed by atoms with Crippen LogP contribution in [0.3, 0.4) is 0 Å². The van der Waals surface area contributed by atoms with Crippen molar-refractivity contribution in [1.82, 2.24) is 14.5 Å². The third-order valence-corrected chi connectivity index (χ3v) is 10.0. The summed E-state index contributed by atoms with van der Waals surface area (Å²) in [6.07, 6.45) is -2.92. The van der Waals surface area contributed by atoms with E-state index in [0.29, 0.717) is 54.3 Å². The Morgan fingerprint density at radius 3 is 2.30 bits per heavy atom. The van der Waals surface area contributed by atoms with Crippen molar-refractivity contribution in [2.45, 2.75) is 57.3 Å². The van der Waals surface area contributed by atoms with Crippen molar-refractivity contribution in [3.63, 3.8) is 0 Å². The molecule has 3 aliphatic heterocycles. The summed E-state index contributed by atoms with van der Waals surface area (Å²) < 4.78 is 81.8. The van der Waals surface area contributed by atoms with Gasteiger partial charge in [0, 0.05) is 37.2 Å². The van der Waals surface area contributed by atoms with Crippen molar-refractivity contribution >= 4 is 33.7 Å². The number of nitrogens with zero attached hydrogens (tertiary/aromatic N) is 3. The summed E-state index contributed by atoms with van der Waals surface area (Å²) in [5, 5.41) is 13.2. The Kier molecular flexibility index (Phi) is 8.46. The summed E-state index contributed by atoms with van der Waals surface area (Å²) in [5.74, 6) is -2.64. The number of hydrogen-bond donors (Lipinski definition) is 2. The average molecular weight is 637 g/mol. The molecule has 0 atom stereocenters. The first-order valence-electron chi connectivity index (χ1n) is 14.2. The van der Waals surface area contributed by atoms with E-state index < -0.39 is 50.7 Å². The van der Waals surface area contributed by atoms with Gasteiger partial charge in [0.1, 0.15) is 17.2 Å². The molecule has 0 radical (unpaired) electrons. The van der Waals surface area contributed by atoms with Gasteiger partial charge in [-0.25, -0.2) is 12.8 Å². The number of sulfonamides is 1. The monoisotopic (exact) mass is 636 g/mol. The maximum atomic E-state index is 14.7. The lowest BCUT2D eigenvalue weighted by Gasteiger charge is -2.34. The van der Waals surface area contributed by atoms with Gasteiger partial charge in [-0.15, -0.1) is 0 Å². The second-order valence-corrected chi connectivity index (χ2v) is 13.2. The largest absolute Gasteiger partial charge is 0.419 e. The zero-order chi connectivity index (χ0) is 32.0. The zero-order valence-corrected chi connectivity index (χ0v) is 24.9. The fourth-order valence-corrected chi connectivity index (χ4v) is 7.05. The van der Waals surface area contributed by atoms with Crippen molar-refractivity contribution in [3.8, 4) is 0 Å². The third-order valence-electron chi connectivity index (χ3n) is 8.45. The summed E-state index contributed by atoms with van der Waals surface area (Å²) in [5.41, 5.74) is -0.848. The van der Waals surface area contributed by atoms with E-state index in [4.69, 9.17) is 0 Å². The molecule has 44 heavy (non-hydrogen) atoms. The van der Waals surface area contributed by atoms with E-state index in [1.54, 1.807) is 30.9 Å². The van der Waals surface area contributed by atoms with Crippen LogP contribution in [0, 0.1) is 19.7 Å². The normalized spacial score (nSPS) is 19.9.